The molecule has 3 aromatic carbocycles. The highest BCUT2D eigenvalue weighted by Crippen LogP contribution is 2.39. The van der Waals surface area contributed by atoms with Gasteiger partial charge in [-0.15, -0.1) is 0 Å². The molecule has 210 valence electrons. The molecule has 5 N–H and O–H groups in total. The lowest BCUT2D eigenvalue weighted by atomic mass is 9.99. The van der Waals surface area contributed by atoms with E-state index in [1.54, 1.807) is 79.7 Å². The molecule has 2 atom stereocenters. The van der Waals surface area contributed by atoms with Crippen molar-refractivity contribution in [2.75, 3.05) is 17.7 Å². The number of nitrogen functional groups attached to an aromatic ring is 1. The third kappa shape index (κ3) is 8.94. The summed E-state index contributed by atoms with van der Waals surface area (Å²) in [6.45, 7) is 2.07. The van der Waals surface area contributed by atoms with Gasteiger partial charge < -0.3 is 25.6 Å². The highest BCUT2D eigenvalue weighted by molar-refractivity contribution is 9.11. The fourth-order valence-electron chi connectivity index (χ4n) is 3.81. The zero-order valence-electron chi connectivity index (χ0n) is 21.6. The largest absolute Gasteiger partial charge is 0.506 e. The Kier molecular flexibility index (Phi) is 11.7. The number of carbonyl (C=O) groups is 3. The summed E-state index contributed by atoms with van der Waals surface area (Å²) >= 11 is 6.70. The Labute approximate surface area is 249 Å². The summed E-state index contributed by atoms with van der Waals surface area (Å²) in [4.78, 5) is 37.7. The number of alkyl carbamates (subject to hydrolysis) is 1. The molecule has 0 spiro atoms. The average Bonchev–Trinajstić information content (AvgIpc) is 2.93. The summed E-state index contributed by atoms with van der Waals surface area (Å²) < 4.78 is 12.6. The molecule has 3 aromatic rings. The van der Waals surface area contributed by atoms with E-state index in [1.165, 1.54) is 6.08 Å². The Morgan fingerprint density at radius 1 is 1.05 bits per heavy atom. The lowest BCUT2D eigenvalue weighted by Crippen LogP contribution is -2.35. The van der Waals surface area contributed by atoms with Gasteiger partial charge in [-0.2, -0.15) is 0 Å². The first-order chi connectivity index (χ1) is 19.2. The molecule has 0 saturated carbocycles. The van der Waals surface area contributed by atoms with E-state index in [1.807, 2.05) is 0 Å². The minimum atomic E-state index is -1.09. The number of anilines is 2. The van der Waals surface area contributed by atoms with Crippen LogP contribution in [0, 0.1) is 0 Å². The van der Waals surface area contributed by atoms with Crippen molar-refractivity contribution >= 4 is 61.1 Å². The van der Waals surface area contributed by atoms with Crippen LogP contribution >= 0.6 is 31.9 Å². The molecule has 0 aliphatic carbocycles. The Morgan fingerprint density at radius 3 is 2.45 bits per heavy atom. The van der Waals surface area contributed by atoms with E-state index in [9.17, 15) is 19.5 Å². The molecule has 0 aliphatic heterocycles. The number of aromatic hydroxyl groups is 1. The highest BCUT2D eigenvalue weighted by atomic mass is 79.9. The number of halogens is 2. The summed E-state index contributed by atoms with van der Waals surface area (Å²) in [6.07, 6.45) is 0.907. The maximum atomic E-state index is 12.8. The van der Waals surface area contributed by atoms with E-state index in [2.05, 4.69) is 42.5 Å². The normalized spacial score (nSPS) is 12.5. The van der Waals surface area contributed by atoms with Gasteiger partial charge in [0.1, 0.15) is 5.75 Å². The van der Waals surface area contributed by atoms with Crippen LogP contribution in [0.1, 0.15) is 41.8 Å². The fourth-order valence-corrected chi connectivity index (χ4v) is 5.07. The van der Waals surface area contributed by atoms with Crippen molar-refractivity contribution in [3.63, 3.8) is 0 Å². The zero-order chi connectivity index (χ0) is 29.1. The van der Waals surface area contributed by atoms with E-state index in [0.29, 0.717) is 33.2 Å². The summed E-state index contributed by atoms with van der Waals surface area (Å²) in [5.41, 5.74) is 7.37. The number of amides is 3. The van der Waals surface area contributed by atoms with Gasteiger partial charge in [0.05, 0.1) is 22.0 Å². The van der Waals surface area contributed by atoms with Crippen molar-refractivity contribution in [2.45, 2.75) is 32.0 Å². The number of imide groups is 1. The molecule has 0 aromatic heterocycles. The number of phenols is 1. The van der Waals surface area contributed by atoms with Crippen LogP contribution < -0.4 is 16.4 Å². The van der Waals surface area contributed by atoms with Crippen LogP contribution in [-0.4, -0.2) is 35.7 Å². The molecule has 0 saturated heterocycles. The van der Waals surface area contributed by atoms with E-state index in [4.69, 9.17) is 15.2 Å². The third-order valence-electron chi connectivity index (χ3n) is 5.67. The number of nitrogens with two attached hydrogens (primary N) is 1. The van der Waals surface area contributed by atoms with Gasteiger partial charge in [0.25, 0.3) is 5.91 Å². The molecule has 0 radical (unpaired) electrons. The molecule has 3 amide bonds. The number of carbonyl (C=O) groups excluding carboxylic acids is 3. The second kappa shape index (κ2) is 15.2. The Hall–Kier alpha value is -3.67. The molecular weight excluding hydrogens is 646 g/mol. The van der Waals surface area contributed by atoms with Gasteiger partial charge >= 0.3 is 6.09 Å². The first-order valence-corrected chi connectivity index (χ1v) is 14.0. The Bertz CT molecular complexity index is 1370. The van der Waals surface area contributed by atoms with Gasteiger partial charge in [-0.1, -0.05) is 52.3 Å². The van der Waals surface area contributed by atoms with Crippen LogP contribution in [0.15, 0.2) is 87.8 Å². The van der Waals surface area contributed by atoms with Crippen LogP contribution in [-0.2, 0) is 14.3 Å². The minimum Gasteiger partial charge on any atom is -0.506 e. The van der Waals surface area contributed by atoms with E-state index in [-0.39, 0.29) is 29.4 Å². The lowest BCUT2D eigenvalue weighted by molar-refractivity contribution is -0.111. The topological polar surface area (TPSA) is 140 Å². The first-order valence-electron chi connectivity index (χ1n) is 12.4. The lowest BCUT2D eigenvalue weighted by Gasteiger charge is -2.28. The predicted molar refractivity (Wildman–Crippen MR) is 160 cm³/mol. The van der Waals surface area contributed by atoms with E-state index in [0.717, 1.165) is 0 Å². The second-order valence-corrected chi connectivity index (χ2v) is 10.3. The fraction of sp³-hybridized carbons (Fsp3) is 0.207. The maximum absolute atomic E-state index is 12.8. The molecule has 0 aliphatic rings. The number of phenolic OH excluding ortho intramolecular Hbond substituents is 1. The van der Waals surface area contributed by atoms with Crippen molar-refractivity contribution in [1.82, 2.24) is 5.32 Å². The SMILES string of the molecule is CCO[C@@H](CC/C=C/C(=O)Nc1ccccc1N)[C@@H](OC(=O)NC(=O)c1ccccc1)c1cc(Br)cc(Br)c1O. The number of benzene rings is 3. The maximum Gasteiger partial charge on any atom is 0.414 e. The van der Waals surface area contributed by atoms with Crippen LogP contribution in [0.4, 0.5) is 16.2 Å². The molecule has 11 heteroatoms. The number of allylic oxidation sites excluding steroid dienone is 1. The molecular formula is C29H29Br2N3O6. The minimum absolute atomic E-state index is 0.143. The molecule has 0 heterocycles. The van der Waals surface area contributed by atoms with E-state index >= 15 is 0 Å². The quantitative estimate of drug-likeness (QED) is 0.135. The van der Waals surface area contributed by atoms with Crippen molar-refractivity contribution < 1.29 is 29.0 Å². The van der Waals surface area contributed by atoms with Crippen molar-refractivity contribution in [3.8, 4) is 5.75 Å². The predicted octanol–water partition coefficient (Wildman–Crippen LogP) is 6.49. The second-order valence-electron chi connectivity index (χ2n) is 8.52. The number of para-hydroxylation sites is 2. The standard InChI is InChI=1S/C29H29Br2N3O6/c1-2-39-24(14-8-9-15-25(35)33-23-13-7-6-12-22(23)32)27(20-16-19(30)17-21(31)26(20)36)40-29(38)34-28(37)18-10-4-3-5-11-18/h3-7,9-13,15-17,24,27,36H,2,8,14,32H2,1H3,(H,33,35)(H,34,37,38)/b15-9+/t24-,27-/m0/s1. The number of hydrogen-bond donors (Lipinski definition) is 4. The summed E-state index contributed by atoms with van der Waals surface area (Å²) in [5, 5.41) is 15.7. The van der Waals surface area contributed by atoms with Gasteiger partial charge in [0, 0.05) is 22.2 Å². The van der Waals surface area contributed by atoms with Gasteiger partial charge in [-0.3, -0.25) is 14.9 Å². The highest BCUT2D eigenvalue weighted by Gasteiger charge is 2.31. The van der Waals surface area contributed by atoms with Crippen LogP contribution in [0.2, 0.25) is 0 Å². The van der Waals surface area contributed by atoms with Crippen molar-refractivity contribution in [2.24, 2.45) is 0 Å². The molecule has 3 rings (SSSR count). The number of ether oxygens (including phenoxy) is 2. The molecule has 9 nitrogen and oxygen atoms in total. The first kappa shape index (κ1) is 30.9. The van der Waals surface area contributed by atoms with Gasteiger partial charge in [0.2, 0.25) is 5.91 Å². The molecule has 0 unspecified atom stereocenters. The number of hydrogen-bond acceptors (Lipinski definition) is 7. The Balaban J connectivity index is 1.77. The number of nitrogens with one attached hydrogen (secondary N) is 2. The molecule has 0 fully saturated rings. The average molecular weight is 675 g/mol. The van der Waals surface area contributed by atoms with Crippen LogP contribution in [0.3, 0.4) is 0 Å². The molecule has 40 heavy (non-hydrogen) atoms. The summed E-state index contributed by atoms with van der Waals surface area (Å²) in [5.74, 6) is -1.13. The van der Waals surface area contributed by atoms with Crippen molar-refractivity contribution in [1.29, 1.82) is 0 Å². The van der Waals surface area contributed by atoms with Crippen LogP contribution in [0.5, 0.6) is 5.75 Å². The Morgan fingerprint density at radius 2 is 1.75 bits per heavy atom. The zero-order valence-corrected chi connectivity index (χ0v) is 24.8. The summed E-state index contributed by atoms with van der Waals surface area (Å²) in [6, 6.07) is 18.4. The van der Waals surface area contributed by atoms with Crippen molar-refractivity contribution in [3.05, 3.63) is 99.0 Å². The third-order valence-corrected chi connectivity index (χ3v) is 6.74. The monoisotopic (exact) mass is 673 g/mol. The molecule has 0 bridgehead atoms. The van der Waals surface area contributed by atoms with Gasteiger partial charge in [-0.05, 0) is 78.2 Å². The van der Waals surface area contributed by atoms with E-state index < -0.39 is 24.2 Å². The van der Waals surface area contributed by atoms with Crippen LogP contribution in [0.25, 0.3) is 0 Å². The van der Waals surface area contributed by atoms with Gasteiger partial charge in [-0.25, -0.2) is 4.79 Å². The smallest absolute Gasteiger partial charge is 0.414 e. The summed E-state index contributed by atoms with van der Waals surface area (Å²) in [7, 11) is 0. The number of rotatable bonds is 11. The van der Waals surface area contributed by atoms with Gasteiger partial charge in [0.15, 0.2) is 6.10 Å².